The fourth-order valence-electron chi connectivity index (χ4n) is 4.97. The summed E-state index contributed by atoms with van der Waals surface area (Å²) in [6.07, 6.45) is 0. The van der Waals surface area contributed by atoms with Gasteiger partial charge in [-0.2, -0.15) is 0 Å². The molecule has 9 heteroatoms. The second-order valence-electron chi connectivity index (χ2n) is 8.25. The van der Waals surface area contributed by atoms with Gasteiger partial charge in [-0.1, -0.05) is 45.5 Å². The van der Waals surface area contributed by atoms with Crippen molar-refractivity contribution in [3.05, 3.63) is 77.8 Å². The zero-order valence-corrected chi connectivity index (χ0v) is 19.4. The number of amides is 1. The van der Waals surface area contributed by atoms with Crippen molar-refractivity contribution in [3.8, 4) is 5.75 Å². The molecule has 0 spiro atoms. The van der Waals surface area contributed by atoms with Crippen molar-refractivity contribution in [2.45, 2.75) is 25.6 Å². The van der Waals surface area contributed by atoms with Crippen LogP contribution in [0.25, 0.3) is 5.57 Å². The number of fused-ring (bicyclic) bond motifs is 7. The molecule has 1 aromatic heterocycles. The molecular formula is C23H16BrN3O4S. The number of nitrogens with one attached hydrogen (secondary N) is 1. The average molecular weight is 510 g/mol. The van der Waals surface area contributed by atoms with Crippen LogP contribution >= 0.6 is 27.3 Å². The van der Waals surface area contributed by atoms with E-state index >= 15 is 0 Å². The van der Waals surface area contributed by atoms with Gasteiger partial charge in [0.05, 0.1) is 11.6 Å². The van der Waals surface area contributed by atoms with E-state index in [1.165, 1.54) is 6.92 Å². The number of nitrogens with zero attached hydrogens (tertiary/aromatic N) is 2. The predicted octanol–water partition coefficient (Wildman–Crippen LogP) is 2.36. The highest BCUT2D eigenvalue weighted by atomic mass is 79.9. The van der Waals surface area contributed by atoms with E-state index in [0.717, 1.165) is 21.4 Å². The molecule has 3 atom stereocenters. The minimum atomic E-state index is -1.14. The van der Waals surface area contributed by atoms with Gasteiger partial charge in [0.15, 0.2) is 4.80 Å². The van der Waals surface area contributed by atoms with Gasteiger partial charge in [0, 0.05) is 21.3 Å². The van der Waals surface area contributed by atoms with E-state index in [4.69, 9.17) is 9.73 Å². The third-order valence-corrected chi connectivity index (χ3v) is 7.79. The number of hydrogen-bond donors (Lipinski definition) is 1. The summed E-state index contributed by atoms with van der Waals surface area (Å²) >= 11 is 4.60. The standard InChI is InChI=1S/C23H16BrN3O4S/c1-10(28)17-18-12-5-3-4-6-15(12)31-23(17,2)26-22-27(18)21(30)19(32-22)16-13-9-11(24)7-8-14(13)25-20(16)29/h3-9,17-18H,1-2H3,(H,25,29)/b19-16-/t17-,18-,23+/m1/s1. The Bertz CT molecular complexity index is 1560. The molecule has 7 nitrogen and oxygen atoms in total. The quantitative estimate of drug-likeness (QED) is 0.545. The Morgan fingerprint density at radius 1 is 1.25 bits per heavy atom. The number of anilines is 1. The van der Waals surface area contributed by atoms with Crippen LogP contribution in [0.15, 0.2) is 56.7 Å². The highest BCUT2D eigenvalue weighted by Crippen LogP contribution is 2.47. The van der Waals surface area contributed by atoms with Crippen molar-refractivity contribution < 1.29 is 14.3 Å². The second-order valence-corrected chi connectivity index (χ2v) is 10.1. The zero-order valence-electron chi connectivity index (χ0n) is 17.0. The number of ketones is 1. The van der Waals surface area contributed by atoms with Crippen LogP contribution in [0.5, 0.6) is 5.75 Å². The molecule has 0 fully saturated rings. The van der Waals surface area contributed by atoms with Crippen LogP contribution in [0.1, 0.15) is 31.0 Å². The summed E-state index contributed by atoms with van der Waals surface area (Å²) < 4.78 is 8.87. The Hall–Kier alpha value is -3.04. The smallest absolute Gasteiger partial charge is 0.271 e. The molecule has 2 bridgehead atoms. The number of thiazole rings is 1. The third-order valence-electron chi connectivity index (χ3n) is 6.25. The molecule has 1 amide bonds. The van der Waals surface area contributed by atoms with Crippen molar-refractivity contribution in [1.82, 2.24) is 4.57 Å². The molecule has 6 rings (SSSR count). The van der Waals surface area contributed by atoms with Crippen LogP contribution in [0.4, 0.5) is 5.69 Å². The summed E-state index contributed by atoms with van der Waals surface area (Å²) in [7, 11) is 0. The molecule has 3 aliphatic heterocycles. The number of rotatable bonds is 1. The lowest BCUT2D eigenvalue weighted by molar-refractivity contribution is -0.132. The number of carbonyl (C=O) groups is 2. The first kappa shape index (κ1) is 19.6. The minimum Gasteiger partial charge on any atom is -0.465 e. The summed E-state index contributed by atoms with van der Waals surface area (Å²) in [5, 5.41) is 2.83. The third kappa shape index (κ3) is 2.52. The van der Waals surface area contributed by atoms with Gasteiger partial charge >= 0.3 is 0 Å². The maximum absolute atomic E-state index is 13.8. The van der Waals surface area contributed by atoms with E-state index < -0.39 is 17.7 Å². The number of carbonyl (C=O) groups excluding carboxylic acids is 2. The Morgan fingerprint density at radius 3 is 2.81 bits per heavy atom. The van der Waals surface area contributed by atoms with Crippen LogP contribution in [0.3, 0.4) is 0 Å². The number of para-hydroxylation sites is 1. The summed E-state index contributed by atoms with van der Waals surface area (Å²) in [6.45, 7) is 3.27. The van der Waals surface area contributed by atoms with Crippen molar-refractivity contribution in [3.63, 3.8) is 0 Å². The van der Waals surface area contributed by atoms with Crippen LogP contribution in [0, 0.1) is 5.92 Å². The largest absolute Gasteiger partial charge is 0.465 e. The normalized spacial score (nSPS) is 26.3. The number of halogens is 1. The van der Waals surface area contributed by atoms with Gasteiger partial charge in [-0.3, -0.25) is 19.0 Å². The first-order chi connectivity index (χ1) is 15.3. The predicted molar refractivity (Wildman–Crippen MR) is 122 cm³/mol. The SMILES string of the molecule is CC(=O)[C@@H]1[C@H]2c3ccccc3O[C@]1(C)N=c1s/c(=C3\C(=O)Nc4ccc(Br)cc43)c(=O)n12. The summed E-state index contributed by atoms with van der Waals surface area (Å²) in [6, 6.07) is 12.3. The first-order valence-electron chi connectivity index (χ1n) is 10.0. The van der Waals surface area contributed by atoms with Crippen molar-refractivity contribution in [2.75, 3.05) is 5.32 Å². The summed E-state index contributed by atoms with van der Waals surface area (Å²) in [4.78, 5) is 44.5. The molecule has 0 saturated heterocycles. The fraction of sp³-hybridized carbons (Fsp3) is 0.217. The zero-order chi connectivity index (χ0) is 22.4. The van der Waals surface area contributed by atoms with E-state index in [1.54, 1.807) is 17.6 Å². The molecule has 160 valence electrons. The van der Waals surface area contributed by atoms with Gasteiger partial charge in [0.2, 0.25) is 5.72 Å². The number of aromatic nitrogens is 1. The lowest BCUT2D eigenvalue weighted by Gasteiger charge is -2.45. The molecule has 0 saturated carbocycles. The van der Waals surface area contributed by atoms with Crippen LogP contribution in [-0.2, 0) is 9.59 Å². The molecule has 32 heavy (non-hydrogen) atoms. The lowest BCUT2D eigenvalue weighted by Crippen LogP contribution is -2.58. The first-order valence-corrected chi connectivity index (χ1v) is 11.6. The highest BCUT2D eigenvalue weighted by Gasteiger charge is 2.53. The van der Waals surface area contributed by atoms with Gasteiger partial charge in [-0.05, 0) is 38.1 Å². The number of benzene rings is 2. The molecule has 3 aromatic rings. The lowest BCUT2D eigenvalue weighted by atomic mass is 9.79. The average Bonchev–Trinajstić information content (AvgIpc) is 3.21. The molecule has 0 aliphatic carbocycles. The Morgan fingerprint density at radius 2 is 2.03 bits per heavy atom. The topological polar surface area (TPSA) is 89.8 Å². The van der Waals surface area contributed by atoms with Crippen molar-refractivity contribution in [2.24, 2.45) is 10.9 Å². The maximum atomic E-state index is 13.8. The van der Waals surface area contributed by atoms with E-state index in [-0.39, 0.29) is 17.2 Å². The Labute approximate surface area is 194 Å². The van der Waals surface area contributed by atoms with Gasteiger partial charge in [0.25, 0.3) is 11.5 Å². The van der Waals surface area contributed by atoms with Gasteiger partial charge in [0.1, 0.15) is 22.0 Å². The van der Waals surface area contributed by atoms with Gasteiger partial charge in [-0.25, -0.2) is 4.99 Å². The molecule has 3 aliphatic rings. The number of ether oxygens (including phenoxy) is 1. The molecule has 0 unspecified atom stereocenters. The van der Waals surface area contributed by atoms with Crippen LogP contribution < -0.4 is 24.9 Å². The molecular weight excluding hydrogens is 494 g/mol. The summed E-state index contributed by atoms with van der Waals surface area (Å²) in [5.41, 5.74) is 0.930. The number of hydrogen-bond acceptors (Lipinski definition) is 6. The Kier molecular flexibility index (Phi) is 3.98. The summed E-state index contributed by atoms with van der Waals surface area (Å²) in [5.74, 6) is -0.495. The molecule has 4 heterocycles. The molecule has 0 radical (unpaired) electrons. The van der Waals surface area contributed by atoms with Crippen LogP contribution in [-0.4, -0.2) is 22.0 Å². The number of Topliss-reactive ketones (excluding diaryl/α,β-unsaturated/α-hetero) is 1. The highest BCUT2D eigenvalue weighted by molar-refractivity contribution is 9.10. The minimum absolute atomic E-state index is 0.110. The fourth-order valence-corrected chi connectivity index (χ4v) is 6.53. The van der Waals surface area contributed by atoms with Gasteiger partial charge in [-0.15, -0.1) is 0 Å². The Balaban J connectivity index is 1.72. The van der Waals surface area contributed by atoms with E-state index in [1.807, 2.05) is 36.4 Å². The van der Waals surface area contributed by atoms with E-state index in [2.05, 4.69) is 21.2 Å². The van der Waals surface area contributed by atoms with Crippen molar-refractivity contribution in [1.29, 1.82) is 0 Å². The molecule has 1 N–H and O–H groups in total. The molecule has 2 aromatic carbocycles. The second kappa shape index (κ2) is 6.49. The monoisotopic (exact) mass is 509 g/mol. The van der Waals surface area contributed by atoms with Crippen molar-refractivity contribution >= 4 is 50.2 Å². The maximum Gasteiger partial charge on any atom is 0.271 e. The van der Waals surface area contributed by atoms with Gasteiger partial charge < -0.3 is 10.1 Å². The van der Waals surface area contributed by atoms with Crippen LogP contribution in [0.2, 0.25) is 0 Å². The van der Waals surface area contributed by atoms with E-state index in [9.17, 15) is 14.4 Å². The van der Waals surface area contributed by atoms with E-state index in [0.29, 0.717) is 31.9 Å².